The van der Waals surface area contributed by atoms with Crippen molar-refractivity contribution in [3.8, 4) is 0 Å². The Morgan fingerprint density at radius 1 is 0.935 bits per heavy atom. The second kappa shape index (κ2) is 8.23. The van der Waals surface area contributed by atoms with Crippen molar-refractivity contribution in [2.45, 2.75) is 17.7 Å². The molecule has 0 atom stereocenters. The maximum atomic E-state index is 13.1. The van der Waals surface area contributed by atoms with E-state index < -0.39 is 10.0 Å². The van der Waals surface area contributed by atoms with Gasteiger partial charge in [0.1, 0.15) is 0 Å². The molecule has 10 nitrogen and oxygen atoms in total. The van der Waals surface area contributed by atoms with Crippen molar-refractivity contribution in [1.82, 2.24) is 14.5 Å². The molecule has 0 N–H and O–H groups in total. The largest absolute Gasteiger partial charge is 0.376 e. The summed E-state index contributed by atoms with van der Waals surface area (Å²) in [7, 11) is 0.163. The first-order valence-corrected chi connectivity index (χ1v) is 11.4. The van der Waals surface area contributed by atoms with Crippen molar-refractivity contribution < 1.29 is 18.0 Å². The summed E-state index contributed by atoms with van der Waals surface area (Å²) in [5.41, 5.74) is 1.32. The lowest BCUT2D eigenvalue weighted by atomic mass is 10.3. The number of sulfonamides is 1. The number of amides is 2. The van der Waals surface area contributed by atoms with E-state index in [0.717, 1.165) is 10.6 Å². The number of benzene rings is 1. The predicted octanol–water partition coefficient (Wildman–Crippen LogP) is 0.707. The van der Waals surface area contributed by atoms with Gasteiger partial charge in [-0.05, 0) is 24.3 Å². The summed E-state index contributed by atoms with van der Waals surface area (Å²) >= 11 is 0. The summed E-state index contributed by atoms with van der Waals surface area (Å²) in [5, 5.41) is 8.20. The number of imide groups is 1. The Morgan fingerprint density at radius 3 is 2.13 bits per heavy atom. The van der Waals surface area contributed by atoms with Crippen LogP contribution in [0.1, 0.15) is 12.8 Å². The van der Waals surface area contributed by atoms with E-state index in [2.05, 4.69) is 10.2 Å². The number of carbonyl (C=O) groups excluding carboxylic acids is 2. The van der Waals surface area contributed by atoms with Crippen molar-refractivity contribution in [3.63, 3.8) is 0 Å². The fourth-order valence-corrected chi connectivity index (χ4v) is 5.11. The van der Waals surface area contributed by atoms with E-state index in [-0.39, 0.29) is 29.6 Å². The average Bonchev–Trinajstić information content (AvgIpc) is 3.12. The molecule has 0 unspecified atom stereocenters. The van der Waals surface area contributed by atoms with E-state index in [9.17, 15) is 18.0 Å². The van der Waals surface area contributed by atoms with Gasteiger partial charge in [-0.25, -0.2) is 8.42 Å². The highest BCUT2D eigenvalue weighted by Crippen LogP contribution is 2.26. The maximum absolute atomic E-state index is 13.1. The zero-order valence-electron chi connectivity index (χ0n) is 17.4. The first kappa shape index (κ1) is 21.2. The Labute approximate surface area is 181 Å². The van der Waals surface area contributed by atoms with Gasteiger partial charge >= 0.3 is 0 Å². The second-order valence-corrected chi connectivity index (χ2v) is 9.61. The van der Waals surface area contributed by atoms with Gasteiger partial charge in [-0.15, -0.1) is 5.10 Å². The molecule has 31 heavy (non-hydrogen) atoms. The smallest absolute Gasteiger partial charge is 0.243 e. The SMILES string of the molecule is CN(C)c1cnnc(N2CCN(S(=O)(=O)c3ccc(N4C(=O)CCC4=O)cc3)CC2)c1. The molecule has 11 heteroatoms. The van der Waals surface area contributed by atoms with Gasteiger partial charge in [0, 0.05) is 59.2 Å². The van der Waals surface area contributed by atoms with Crippen LogP contribution in [0.5, 0.6) is 0 Å². The van der Waals surface area contributed by atoms with Crippen molar-refractivity contribution >= 4 is 39.0 Å². The Morgan fingerprint density at radius 2 is 1.55 bits per heavy atom. The highest BCUT2D eigenvalue weighted by Gasteiger charge is 2.32. The third-order valence-electron chi connectivity index (χ3n) is 5.49. The second-order valence-electron chi connectivity index (χ2n) is 7.67. The molecule has 2 aliphatic rings. The molecule has 2 aliphatic heterocycles. The van der Waals surface area contributed by atoms with Crippen LogP contribution in [0.3, 0.4) is 0 Å². The van der Waals surface area contributed by atoms with Gasteiger partial charge in [0.2, 0.25) is 21.8 Å². The molecule has 2 saturated heterocycles. The molecule has 3 heterocycles. The Kier molecular flexibility index (Phi) is 5.63. The minimum Gasteiger partial charge on any atom is -0.376 e. The summed E-state index contributed by atoms with van der Waals surface area (Å²) in [6.45, 7) is 1.64. The molecule has 164 valence electrons. The average molecular weight is 445 g/mol. The lowest BCUT2D eigenvalue weighted by Gasteiger charge is -2.34. The van der Waals surface area contributed by atoms with Gasteiger partial charge in [0.25, 0.3) is 0 Å². The van der Waals surface area contributed by atoms with Crippen molar-refractivity contribution in [1.29, 1.82) is 0 Å². The molecular formula is C20H24N6O4S. The Bertz CT molecular complexity index is 1080. The zero-order valence-corrected chi connectivity index (χ0v) is 18.2. The molecule has 0 aliphatic carbocycles. The van der Waals surface area contributed by atoms with Crippen LogP contribution in [0.4, 0.5) is 17.2 Å². The van der Waals surface area contributed by atoms with Crippen LogP contribution in [0, 0.1) is 0 Å². The first-order valence-electron chi connectivity index (χ1n) is 9.98. The normalized spacial score (nSPS) is 18.0. The summed E-state index contributed by atoms with van der Waals surface area (Å²) in [6.07, 6.45) is 2.05. The van der Waals surface area contributed by atoms with Gasteiger partial charge in [-0.2, -0.15) is 9.40 Å². The van der Waals surface area contributed by atoms with Crippen LogP contribution in [-0.4, -0.2) is 75.0 Å². The Balaban J connectivity index is 1.45. The molecule has 0 bridgehead atoms. The summed E-state index contributed by atoms with van der Waals surface area (Å²) in [5.74, 6) is 0.184. The third kappa shape index (κ3) is 4.10. The van der Waals surface area contributed by atoms with E-state index in [4.69, 9.17) is 0 Å². The summed E-state index contributed by atoms with van der Waals surface area (Å²) < 4.78 is 27.6. The number of hydrogen-bond donors (Lipinski definition) is 0. The molecule has 1 aromatic heterocycles. The van der Waals surface area contributed by atoms with E-state index in [0.29, 0.717) is 37.7 Å². The van der Waals surface area contributed by atoms with Crippen LogP contribution in [0.25, 0.3) is 0 Å². The molecular weight excluding hydrogens is 420 g/mol. The third-order valence-corrected chi connectivity index (χ3v) is 7.40. The van der Waals surface area contributed by atoms with Crippen LogP contribution in [-0.2, 0) is 19.6 Å². The first-order chi connectivity index (χ1) is 14.8. The number of nitrogens with zero attached hydrogens (tertiary/aromatic N) is 6. The van der Waals surface area contributed by atoms with E-state index >= 15 is 0 Å². The van der Waals surface area contributed by atoms with Gasteiger partial charge < -0.3 is 9.80 Å². The van der Waals surface area contributed by atoms with Gasteiger partial charge in [0.05, 0.1) is 22.5 Å². The molecule has 4 rings (SSSR count). The number of piperazine rings is 1. The van der Waals surface area contributed by atoms with Crippen molar-refractivity contribution in [2.75, 3.05) is 55.0 Å². The van der Waals surface area contributed by atoms with E-state index in [1.807, 2.05) is 30.0 Å². The molecule has 2 aromatic rings. The van der Waals surface area contributed by atoms with Crippen LogP contribution >= 0.6 is 0 Å². The molecule has 0 spiro atoms. The minimum atomic E-state index is -3.68. The summed E-state index contributed by atoms with van der Waals surface area (Å²) in [6, 6.07) is 7.83. The molecule has 0 saturated carbocycles. The van der Waals surface area contributed by atoms with Crippen LogP contribution < -0.4 is 14.7 Å². The van der Waals surface area contributed by atoms with Crippen molar-refractivity contribution in [3.05, 3.63) is 36.5 Å². The standard InChI is InChI=1S/C20H24N6O4S/c1-23(2)16-13-18(22-21-14-16)24-9-11-25(12-10-24)31(29,30)17-5-3-15(4-6-17)26-19(27)7-8-20(26)28/h3-6,13-14H,7-12H2,1-2H3. The quantitative estimate of drug-likeness (QED) is 0.621. The number of rotatable bonds is 5. The fourth-order valence-electron chi connectivity index (χ4n) is 3.68. The number of carbonyl (C=O) groups is 2. The molecule has 2 fully saturated rings. The van der Waals surface area contributed by atoms with Crippen LogP contribution in [0.15, 0.2) is 41.4 Å². The van der Waals surface area contributed by atoms with E-state index in [1.54, 1.807) is 6.20 Å². The van der Waals surface area contributed by atoms with E-state index in [1.165, 1.54) is 28.6 Å². The maximum Gasteiger partial charge on any atom is 0.243 e. The summed E-state index contributed by atoms with van der Waals surface area (Å²) in [4.78, 5) is 29.0. The molecule has 0 radical (unpaired) electrons. The topological polar surface area (TPSA) is 107 Å². The lowest BCUT2D eigenvalue weighted by molar-refractivity contribution is -0.121. The minimum absolute atomic E-state index is 0.137. The fraction of sp³-hybridized carbons (Fsp3) is 0.400. The highest BCUT2D eigenvalue weighted by molar-refractivity contribution is 7.89. The Hall–Kier alpha value is -3.05. The van der Waals surface area contributed by atoms with Crippen molar-refractivity contribution in [2.24, 2.45) is 0 Å². The predicted molar refractivity (Wildman–Crippen MR) is 115 cm³/mol. The monoisotopic (exact) mass is 444 g/mol. The number of hydrogen-bond acceptors (Lipinski definition) is 8. The number of aromatic nitrogens is 2. The van der Waals surface area contributed by atoms with Gasteiger partial charge in [-0.3, -0.25) is 14.5 Å². The van der Waals surface area contributed by atoms with Gasteiger partial charge in [-0.1, -0.05) is 0 Å². The lowest BCUT2D eigenvalue weighted by Crippen LogP contribution is -2.49. The highest BCUT2D eigenvalue weighted by atomic mass is 32.2. The molecule has 1 aromatic carbocycles. The van der Waals surface area contributed by atoms with Gasteiger partial charge in [0.15, 0.2) is 5.82 Å². The zero-order chi connectivity index (χ0) is 22.2. The number of anilines is 3. The molecule has 2 amide bonds. The van der Waals surface area contributed by atoms with Crippen LogP contribution in [0.2, 0.25) is 0 Å².